The summed E-state index contributed by atoms with van der Waals surface area (Å²) in [4.78, 5) is 8.25. The zero-order valence-corrected chi connectivity index (χ0v) is 11.4. The highest BCUT2D eigenvalue weighted by atomic mass is 19.4. The molecule has 0 N–H and O–H groups in total. The van der Waals surface area contributed by atoms with Crippen LogP contribution in [0.25, 0.3) is 22.4 Å². The fourth-order valence-electron chi connectivity index (χ4n) is 2.24. The van der Waals surface area contributed by atoms with Gasteiger partial charge in [0, 0.05) is 29.7 Å². The Balaban J connectivity index is 2.14. The summed E-state index contributed by atoms with van der Waals surface area (Å²) in [6, 6.07) is 12.3. The molecule has 5 heteroatoms. The average molecular weight is 300 g/mol. The molecule has 0 amide bonds. The quantitative estimate of drug-likeness (QED) is 0.677. The van der Waals surface area contributed by atoms with E-state index in [2.05, 4.69) is 9.97 Å². The summed E-state index contributed by atoms with van der Waals surface area (Å²) >= 11 is 0. The lowest BCUT2D eigenvalue weighted by Crippen LogP contribution is -2.04. The molecule has 0 fully saturated rings. The van der Waals surface area contributed by atoms with Crippen molar-refractivity contribution in [2.75, 3.05) is 0 Å². The van der Waals surface area contributed by atoms with Crippen LogP contribution in [-0.4, -0.2) is 9.97 Å². The monoisotopic (exact) mass is 300 g/mol. The molecule has 0 atom stereocenters. The largest absolute Gasteiger partial charge is 0.416 e. The van der Waals surface area contributed by atoms with Crippen molar-refractivity contribution < 1.29 is 13.2 Å². The van der Waals surface area contributed by atoms with E-state index in [1.54, 1.807) is 48.9 Å². The van der Waals surface area contributed by atoms with E-state index in [0.29, 0.717) is 16.8 Å². The van der Waals surface area contributed by atoms with Crippen molar-refractivity contribution in [3.8, 4) is 22.4 Å². The first-order valence-electron chi connectivity index (χ1n) is 6.59. The Bertz CT molecular complexity index is 783. The number of aromatic nitrogens is 2. The number of alkyl halides is 3. The number of hydrogen-bond donors (Lipinski definition) is 0. The van der Waals surface area contributed by atoms with Crippen LogP contribution >= 0.6 is 0 Å². The molecule has 3 aromatic rings. The third-order valence-corrected chi connectivity index (χ3v) is 3.26. The molecule has 0 spiro atoms. The lowest BCUT2D eigenvalue weighted by atomic mass is 9.98. The van der Waals surface area contributed by atoms with Gasteiger partial charge >= 0.3 is 6.18 Å². The summed E-state index contributed by atoms with van der Waals surface area (Å²) in [6.07, 6.45) is 0.502. The molecule has 0 aliphatic heterocycles. The Morgan fingerprint density at radius 1 is 0.773 bits per heavy atom. The maximum atomic E-state index is 12.9. The SMILES string of the molecule is FC(F)(F)c1cccc(-c2cccnc2-c2ccncc2)c1. The van der Waals surface area contributed by atoms with E-state index < -0.39 is 11.7 Å². The van der Waals surface area contributed by atoms with E-state index in [4.69, 9.17) is 0 Å². The number of rotatable bonds is 2. The third-order valence-electron chi connectivity index (χ3n) is 3.26. The smallest absolute Gasteiger partial charge is 0.265 e. The minimum absolute atomic E-state index is 0.481. The fourth-order valence-corrected chi connectivity index (χ4v) is 2.24. The molecule has 22 heavy (non-hydrogen) atoms. The van der Waals surface area contributed by atoms with Crippen LogP contribution in [0.5, 0.6) is 0 Å². The lowest BCUT2D eigenvalue weighted by molar-refractivity contribution is -0.137. The second-order valence-electron chi connectivity index (χ2n) is 4.71. The van der Waals surface area contributed by atoms with Crippen LogP contribution in [0.1, 0.15) is 5.56 Å². The molecule has 0 aliphatic rings. The molecule has 110 valence electrons. The van der Waals surface area contributed by atoms with E-state index in [1.165, 1.54) is 6.07 Å². The van der Waals surface area contributed by atoms with Crippen molar-refractivity contribution in [2.24, 2.45) is 0 Å². The Morgan fingerprint density at radius 2 is 1.55 bits per heavy atom. The van der Waals surface area contributed by atoms with Crippen LogP contribution in [0.15, 0.2) is 67.1 Å². The fraction of sp³-hybridized carbons (Fsp3) is 0.0588. The Kier molecular flexibility index (Phi) is 3.63. The van der Waals surface area contributed by atoms with Crippen LogP contribution in [0.3, 0.4) is 0 Å². The first kappa shape index (κ1) is 14.3. The Morgan fingerprint density at radius 3 is 2.27 bits per heavy atom. The molecule has 1 aromatic carbocycles. The molecule has 0 bridgehead atoms. The second-order valence-corrected chi connectivity index (χ2v) is 4.71. The molecule has 0 saturated heterocycles. The highest BCUT2D eigenvalue weighted by Crippen LogP contribution is 2.34. The molecule has 2 heterocycles. The maximum absolute atomic E-state index is 12.9. The van der Waals surface area contributed by atoms with E-state index in [9.17, 15) is 13.2 Å². The summed E-state index contributed by atoms with van der Waals surface area (Å²) < 4.78 is 38.6. The normalized spacial score (nSPS) is 11.4. The number of benzene rings is 1. The molecule has 0 unspecified atom stereocenters. The van der Waals surface area contributed by atoms with Gasteiger partial charge in [-0.2, -0.15) is 13.2 Å². The van der Waals surface area contributed by atoms with Gasteiger partial charge in [-0.1, -0.05) is 18.2 Å². The summed E-state index contributed by atoms with van der Waals surface area (Å²) in [5, 5.41) is 0. The predicted molar refractivity (Wildman–Crippen MR) is 77.9 cm³/mol. The van der Waals surface area contributed by atoms with Crippen LogP contribution in [0.4, 0.5) is 13.2 Å². The third kappa shape index (κ3) is 2.83. The Labute approximate surface area is 125 Å². The zero-order chi connectivity index (χ0) is 15.6. The molecule has 0 radical (unpaired) electrons. The number of halogens is 3. The van der Waals surface area contributed by atoms with Crippen molar-refractivity contribution in [3.63, 3.8) is 0 Å². The van der Waals surface area contributed by atoms with Gasteiger partial charge in [-0.15, -0.1) is 0 Å². The summed E-state index contributed by atoms with van der Waals surface area (Å²) in [7, 11) is 0. The topological polar surface area (TPSA) is 25.8 Å². The average Bonchev–Trinajstić information content (AvgIpc) is 2.55. The molecular weight excluding hydrogens is 289 g/mol. The molecular formula is C17H11F3N2. The summed E-state index contributed by atoms with van der Waals surface area (Å²) in [6.45, 7) is 0. The van der Waals surface area contributed by atoms with Gasteiger partial charge in [0.1, 0.15) is 0 Å². The highest BCUT2D eigenvalue weighted by molar-refractivity contribution is 5.80. The van der Waals surface area contributed by atoms with Gasteiger partial charge in [0.2, 0.25) is 0 Å². The number of hydrogen-bond acceptors (Lipinski definition) is 2. The van der Waals surface area contributed by atoms with Gasteiger partial charge in [-0.05, 0) is 35.9 Å². The minimum atomic E-state index is -4.37. The Hall–Kier alpha value is -2.69. The molecule has 0 saturated carbocycles. The van der Waals surface area contributed by atoms with Crippen LogP contribution in [0.2, 0.25) is 0 Å². The van der Waals surface area contributed by atoms with E-state index in [1.807, 2.05) is 0 Å². The molecule has 0 aliphatic carbocycles. The highest BCUT2D eigenvalue weighted by Gasteiger charge is 2.30. The molecule has 2 aromatic heterocycles. The first-order valence-corrected chi connectivity index (χ1v) is 6.59. The van der Waals surface area contributed by atoms with Crippen LogP contribution in [-0.2, 0) is 6.18 Å². The van der Waals surface area contributed by atoms with Gasteiger partial charge in [0.25, 0.3) is 0 Å². The van der Waals surface area contributed by atoms with E-state index in [0.717, 1.165) is 17.7 Å². The zero-order valence-electron chi connectivity index (χ0n) is 11.4. The van der Waals surface area contributed by atoms with Gasteiger partial charge in [-0.3, -0.25) is 9.97 Å². The molecule has 2 nitrogen and oxygen atoms in total. The summed E-state index contributed by atoms with van der Waals surface area (Å²) in [5.74, 6) is 0. The maximum Gasteiger partial charge on any atom is 0.416 e. The lowest BCUT2D eigenvalue weighted by Gasteiger charge is -2.11. The van der Waals surface area contributed by atoms with Crippen molar-refractivity contribution in [3.05, 3.63) is 72.7 Å². The minimum Gasteiger partial charge on any atom is -0.265 e. The van der Waals surface area contributed by atoms with Crippen LogP contribution in [0, 0.1) is 0 Å². The number of pyridine rings is 2. The van der Waals surface area contributed by atoms with Gasteiger partial charge in [0.05, 0.1) is 11.3 Å². The number of nitrogens with zero attached hydrogens (tertiary/aromatic N) is 2. The van der Waals surface area contributed by atoms with Gasteiger partial charge in [-0.25, -0.2) is 0 Å². The van der Waals surface area contributed by atoms with Crippen LogP contribution < -0.4 is 0 Å². The van der Waals surface area contributed by atoms with Gasteiger partial charge < -0.3 is 0 Å². The van der Waals surface area contributed by atoms with E-state index >= 15 is 0 Å². The standard InChI is InChI=1S/C17H11F3N2/c18-17(19,20)14-4-1-3-13(11-14)15-5-2-8-22-16(15)12-6-9-21-10-7-12/h1-11H. The van der Waals surface area contributed by atoms with Crippen molar-refractivity contribution in [2.45, 2.75) is 6.18 Å². The van der Waals surface area contributed by atoms with Gasteiger partial charge in [0.15, 0.2) is 0 Å². The summed E-state index contributed by atoms with van der Waals surface area (Å²) in [5.41, 5.74) is 1.90. The van der Waals surface area contributed by atoms with Crippen molar-refractivity contribution in [1.82, 2.24) is 9.97 Å². The van der Waals surface area contributed by atoms with E-state index in [-0.39, 0.29) is 0 Å². The van der Waals surface area contributed by atoms with Crippen molar-refractivity contribution in [1.29, 1.82) is 0 Å². The molecule has 3 rings (SSSR count). The first-order chi connectivity index (χ1) is 10.6. The second kappa shape index (κ2) is 5.60. The predicted octanol–water partition coefficient (Wildman–Crippen LogP) is 4.83. The van der Waals surface area contributed by atoms with Crippen molar-refractivity contribution >= 4 is 0 Å².